The Morgan fingerprint density at radius 3 is 2.63 bits per heavy atom. The van der Waals surface area contributed by atoms with E-state index < -0.39 is 0 Å². The van der Waals surface area contributed by atoms with Crippen molar-refractivity contribution in [2.45, 2.75) is 6.92 Å². The number of rotatable bonds is 2. The highest BCUT2D eigenvalue weighted by Gasteiger charge is 2.21. The van der Waals surface area contributed by atoms with Crippen molar-refractivity contribution in [1.82, 2.24) is 24.6 Å². The molecule has 5 rings (SSSR count). The van der Waals surface area contributed by atoms with Gasteiger partial charge in [0.15, 0.2) is 0 Å². The van der Waals surface area contributed by atoms with E-state index >= 15 is 0 Å². The number of aryl methyl sites for hydroxylation is 1. The molecule has 0 spiro atoms. The van der Waals surface area contributed by atoms with E-state index in [2.05, 4.69) is 48.0 Å². The standard InChI is InChI=1S/C19H18ClN7/c1-13-10-18(27-19(24-13)22-12-23-27)26-8-6-25(7-9-26)17-4-5-21-16-11-14(20)2-3-15(16)17/h2-5,10-12H,6-9H2,1H3. The lowest BCUT2D eigenvalue weighted by Gasteiger charge is -2.37. The maximum Gasteiger partial charge on any atom is 0.254 e. The van der Waals surface area contributed by atoms with Crippen LogP contribution in [0.5, 0.6) is 0 Å². The van der Waals surface area contributed by atoms with E-state index in [1.54, 1.807) is 6.33 Å². The number of hydrogen-bond acceptors (Lipinski definition) is 6. The van der Waals surface area contributed by atoms with Gasteiger partial charge in [0, 0.05) is 60.2 Å². The monoisotopic (exact) mass is 379 g/mol. The third kappa shape index (κ3) is 2.84. The fraction of sp³-hybridized carbons (Fsp3) is 0.263. The van der Waals surface area contributed by atoms with Gasteiger partial charge in [-0.1, -0.05) is 11.6 Å². The molecule has 0 saturated carbocycles. The maximum atomic E-state index is 6.12. The van der Waals surface area contributed by atoms with Crippen molar-refractivity contribution in [3.05, 3.63) is 53.6 Å². The van der Waals surface area contributed by atoms with Crippen molar-refractivity contribution in [2.75, 3.05) is 36.0 Å². The average Bonchev–Trinajstić information content (AvgIpc) is 3.15. The van der Waals surface area contributed by atoms with E-state index in [4.69, 9.17) is 11.6 Å². The van der Waals surface area contributed by atoms with E-state index in [0.717, 1.165) is 48.6 Å². The summed E-state index contributed by atoms with van der Waals surface area (Å²) in [6.45, 7) is 5.62. The Hall–Kier alpha value is -2.93. The number of halogens is 1. The van der Waals surface area contributed by atoms with Crippen molar-refractivity contribution < 1.29 is 0 Å². The minimum atomic E-state index is 0.643. The predicted octanol–water partition coefficient (Wildman–Crippen LogP) is 2.96. The molecule has 1 aromatic carbocycles. The van der Waals surface area contributed by atoms with Gasteiger partial charge in [0.1, 0.15) is 12.1 Å². The lowest BCUT2D eigenvalue weighted by molar-refractivity contribution is 0.639. The Labute approximate surface area is 161 Å². The number of piperazine rings is 1. The van der Waals surface area contributed by atoms with E-state index in [1.165, 1.54) is 5.69 Å². The number of nitrogens with zero attached hydrogens (tertiary/aromatic N) is 7. The third-order valence-electron chi connectivity index (χ3n) is 4.99. The zero-order valence-corrected chi connectivity index (χ0v) is 15.6. The normalized spacial score (nSPS) is 15.0. The molecule has 3 aromatic heterocycles. The van der Waals surface area contributed by atoms with Crippen LogP contribution >= 0.6 is 11.6 Å². The van der Waals surface area contributed by atoms with Crippen LogP contribution in [-0.4, -0.2) is 50.7 Å². The van der Waals surface area contributed by atoms with Gasteiger partial charge in [-0.05, 0) is 31.2 Å². The Bertz CT molecular complexity index is 1130. The molecule has 0 amide bonds. The largest absolute Gasteiger partial charge is 0.367 e. The van der Waals surface area contributed by atoms with Crippen LogP contribution < -0.4 is 9.80 Å². The van der Waals surface area contributed by atoms with E-state index in [9.17, 15) is 0 Å². The van der Waals surface area contributed by atoms with Crippen LogP contribution in [0.1, 0.15) is 5.69 Å². The van der Waals surface area contributed by atoms with Crippen LogP contribution in [0.2, 0.25) is 5.02 Å². The molecule has 4 aromatic rings. The van der Waals surface area contributed by atoms with Crippen molar-refractivity contribution in [1.29, 1.82) is 0 Å². The van der Waals surface area contributed by atoms with Gasteiger partial charge in [-0.15, -0.1) is 0 Å². The first kappa shape index (κ1) is 16.3. The van der Waals surface area contributed by atoms with Gasteiger partial charge in [0.2, 0.25) is 0 Å². The van der Waals surface area contributed by atoms with E-state index in [1.807, 2.05) is 29.8 Å². The average molecular weight is 380 g/mol. The molecule has 8 heteroatoms. The highest BCUT2D eigenvalue weighted by molar-refractivity contribution is 6.31. The minimum Gasteiger partial charge on any atom is -0.367 e. The van der Waals surface area contributed by atoms with Gasteiger partial charge >= 0.3 is 0 Å². The van der Waals surface area contributed by atoms with Crippen molar-refractivity contribution in [3.63, 3.8) is 0 Å². The fourth-order valence-electron chi connectivity index (χ4n) is 3.69. The van der Waals surface area contributed by atoms with Crippen molar-refractivity contribution in [3.8, 4) is 0 Å². The summed E-state index contributed by atoms with van der Waals surface area (Å²) < 4.78 is 1.81. The fourth-order valence-corrected chi connectivity index (χ4v) is 3.86. The number of aromatic nitrogens is 5. The Morgan fingerprint density at radius 1 is 0.963 bits per heavy atom. The number of benzene rings is 1. The Morgan fingerprint density at radius 2 is 1.78 bits per heavy atom. The molecular formula is C19H18ClN7. The molecule has 0 atom stereocenters. The summed E-state index contributed by atoms with van der Waals surface area (Å²) in [5.41, 5.74) is 3.08. The second-order valence-corrected chi connectivity index (χ2v) is 7.13. The molecular weight excluding hydrogens is 362 g/mol. The van der Waals surface area contributed by atoms with Gasteiger partial charge in [-0.2, -0.15) is 14.6 Å². The van der Waals surface area contributed by atoms with Crippen LogP contribution in [0.3, 0.4) is 0 Å². The highest BCUT2D eigenvalue weighted by atomic mass is 35.5. The Balaban J connectivity index is 1.43. The lowest BCUT2D eigenvalue weighted by atomic mass is 10.1. The molecule has 0 unspecified atom stereocenters. The molecule has 1 aliphatic heterocycles. The number of hydrogen-bond donors (Lipinski definition) is 0. The van der Waals surface area contributed by atoms with Gasteiger partial charge < -0.3 is 9.80 Å². The Kier molecular flexibility index (Phi) is 3.82. The van der Waals surface area contributed by atoms with Crippen molar-refractivity contribution in [2.24, 2.45) is 0 Å². The van der Waals surface area contributed by atoms with Gasteiger partial charge in [-0.25, -0.2) is 4.98 Å². The minimum absolute atomic E-state index is 0.643. The maximum absolute atomic E-state index is 6.12. The summed E-state index contributed by atoms with van der Waals surface area (Å²) in [5.74, 6) is 1.69. The second-order valence-electron chi connectivity index (χ2n) is 6.69. The molecule has 1 fully saturated rings. The SMILES string of the molecule is Cc1cc(N2CCN(c3ccnc4cc(Cl)ccc34)CC2)n2ncnc2n1. The summed E-state index contributed by atoms with van der Waals surface area (Å²) in [4.78, 5) is 17.8. The van der Waals surface area contributed by atoms with Gasteiger partial charge in [-0.3, -0.25) is 4.98 Å². The van der Waals surface area contributed by atoms with Crippen LogP contribution in [0, 0.1) is 6.92 Å². The molecule has 136 valence electrons. The zero-order valence-electron chi connectivity index (χ0n) is 14.9. The van der Waals surface area contributed by atoms with Gasteiger partial charge in [0.05, 0.1) is 5.52 Å². The molecule has 0 radical (unpaired) electrons. The quantitative estimate of drug-likeness (QED) is 0.533. The predicted molar refractivity (Wildman–Crippen MR) is 107 cm³/mol. The first-order valence-corrected chi connectivity index (χ1v) is 9.28. The molecule has 1 saturated heterocycles. The molecule has 0 N–H and O–H groups in total. The second kappa shape index (κ2) is 6.35. The lowest BCUT2D eigenvalue weighted by Crippen LogP contribution is -2.47. The van der Waals surface area contributed by atoms with Crippen LogP contribution in [0.15, 0.2) is 42.9 Å². The molecule has 4 heterocycles. The van der Waals surface area contributed by atoms with E-state index in [0.29, 0.717) is 10.8 Å². The van der Waals surface area contributed by atoms with Crippen LogP contribution in [0.25, 0.3) is 16.7 Å². The molecule has 27 heavy (non-hydrogen) atoms. The summed E-state index contributed by atoms with van der Waals surface area (Å²) >= 11 is 6.12. The highest BCUT2D eigenvalue weighted by Crippen LogP contribution is 2.29. The van der Waals surface area contributed by atoms with Crippen LogP contribution in [0.4, 0.5) is 11.5 Å². The number of fused-ring (bicyclic) bond motifs is 2. The molecule has 0 bridgehead atoms. The molecule has 0 aliphatic carbocycles. The summed E-state index contributed by atoms with van der Waals surface area (Å²) in [5, 5.41) is 6.17. The first-order valence-electron chi connectivity index (χ1n) is 8.90. The van der Waals surface area contributed by atoms with Gasteiger partial charge in [0.25, 0.3) is 5.78 Å². The summed E-state index contributed by atoms with van der Waals surface area (Å²) in [6, 6.07) is 10.0. The van der Waals surface area contributed by atoms with Crippen LogP contribution in [-0.2, 0) is 0 Å². The molecule has 1 aliphatic rings. The number of anilines is 2. The zero-order chi connectivity index (χ0) is 18.4. The van der Waals surface area contributed by atoms with Crippen molar-refractivity contribution >= 4 is 39.8 Å². The summed E-state index contributed by atoms with van der Waals surface area (Å²) in [7, 11) is 0. The molecule has 7 nitrogen and oxygen atoms in total. The van der Waals surface area contributed by atoms with E-state index in [-0.39, 0.29) is 0 Å². The third-order valence-corrected chi connectivity index (χ3v) is 5.22. The topological polar surface area (TPSA) is 62.5 Å². The summed E-state index contributed by atoms with van der Waals surface area (Å²) in [6.07, 6.45) is 3.40. The number of pyridine rings is 1. The smallest absolute Gasteiger partial charge is 0.254 e. The first-order chi connectivity index (χ1) is 13.2.